The highest BCUT2D eigenvalue weighted by atomic mass is 16.7. The smallest absolute Gasteiger partial charge is 0.160 e. The van der Waals surface area contributed by atoms with Gasteiger partial charge in [0.2, 0.25) is 0 Å². The number of hydrogen-bond acceptors (Lipinski definition) is 2. The summed E-state index contributed by atoms with van der Waals surface area (Å²) in [6, 6.07) is 19.1. The summed E-state index contributed by atoms with van der Waals surface area (Å²) in [6.07, 6.45) is 1.58. The van der Waals surface area contributed by atoms with Gasteiger partial charge < -0.3 is 9.47 Å². The Labute approximate surface area is 115 Å². The molecule has 2 rings (SSSR count). The van der Waals surface area contributed by atoms with E-state index in [9.17, 15) is 0 Å². The van der Waals surface area contributed by atoms with E-state index in [2.05, 4.69) is 48.5 Å². The summed E-state index contributed by atoms with van der Waals surface area (Å²) in [4.78, 5) is 0. The van der Waals surface area contributed by atoms with Crippen LogP contribution in [0.25, 0.3) is 0 Å². The average molecular weight is 256 g/mol. The first-order valence-electron chi connectivity index (χ1n) is 6.49. The molecule has 0 spiro atoms. The molecule has 100 valence electrons. The second-order valence-electron chi connectivity index (χ2n) is 4.58. The molecule has 19 heavy (non-hydrogen) atoms. The molecule has 2 heteroatoms. The molecule has 0 radical (unpaired) electrons. The summed E-state index contributed by atoms with van der Waals surface area (Å²) in [5, 5.41) is 0. The van der Waals surface area contributed by atoms with Crippen molar-refractivity contribution in [2.45, 2.75) is 19.1 Å². The van der Waals surface area contributed by atoms with Crippen molar-refractivity contribution in [1.29, 1.82) is 0 Å². The highest BCUT2D eigenvalue weighted by Gasteiger charge is 2.06. The molecule has 0 saturated carbocycles. The Kier molecular flexibility index (Phi) is 5.13. The van der Waals surface area contributed by atoms with Crippen molar-refractivity contribution < 1.29 is 9.47 Å². The van der Waals surface area contributed by atoms with Crippen molar-refractivity contribution in [2.24, 2.45) is 0 Å². The van der Waals surface area contributed by atoms with Crippen LogP contribution in [0, 0.1) is 0 Å². The zero-order chi connectivity index (χ0) is 13.5. The van der Waals surface area contributed by atoms with Crippen LogP contribution in [-0.4, -0.2) is 20.5 Å². The van der Waals surface area contributed by atoms with E-state index in [1.54, 1.807) is 14.2 Å². The molecular weight excluding hydrogens is 236 g/mol. The van der Waals surface area contributed by atoms with Gasteiger partial charge in [0, 0.05) is 20.6 Å². The van der Waals surface area contributed by atoms with Gasteiger partial charge in [-0.05, 0) is 23.1 Å². The van der Waals surface area contributed by atoms with E-state index < -0.39 is 0 Å². The number of ether oxygens (including phenoxy) is 2. The summed E-state index contributed by atoms with van der Waals surface area (Å²) in [7, 11) is 3.33. The number of methoxy groups -OCH3 is 2. The van der Waals surface area contributed by atoms with E-state index >= 15 is 0 Å². The highest BCUT2D eigenvalue weighted by molar-refractivity contribution is 5.28. The van der Waals surface area contributed by atoms with Gasteiger partial charge in [-0.15, -0.1) is 0 Å². The molecule has 0 aliphatic heterocycles. The van der Waals surface area contributed by atoms with E-state index in [1.807, 2.05) is 6.07 Å². The minimum Gasteiger partial charge on any atom is -0.356 e. The normalized spacial score (nSPS) is 10.9. The molecule has 0 N–H and O–H groups in total. The Balaban J connectivity index is 1.98. The van der Waals surface area contributed by atoms with Crippen molar-refractivity contribution >= 4 is 0 Å². The fourth-order valence-electron chi connectivity index (χ4n) is 2.08. The van der Waals surface area contributed by atoms with Gasteiger partial charge in [0.15, 0.2) is 6.29 Å². The average Bonchev–Trinajstić information content (AvgIpc) is 2.47. The zero-order valence-electron chi connectivity index (χ0n) is 11.5. The van der Waals surface area contributed by atoms with Gasteiger partial charge in [0.05, 0.1) is 0 Å². The van der Waals surface area contributed by atoms with E-state index in [4.69, 9.17) is 9.47 Å². The molecule has 0 unspecified atom stereocenters. The van der Waals surface area contributed by atoms with Gasteiger partial charge in [-0.25, -0.2) is 0 Å². The first-order valence-corrected chi connectivity index (χ1v) is 6.49. The van der Waals surface area contributed by atoms with E-state index in [-0.39, 0.29) is 6.29 Å². The number of hydrogen-bond donors (Lipinski definition) is 0. The maximum absolute atomic E-state index is 5.21. The maximum atomic E-state index is 5.21. The first-order chi connectivity index (χ1) is 9.31. The molecule has 0 amide bonds. The fraction of sp³-hybridized carbons (Fsp3) is 0.294. The lowest BCUT2D eigenvalue weighted by Gasteiger charge is -2.13. The molecule has 0 atom stereocenters. The van der Waals surface area contributed by atoms with Gasteiger partial charge in [0.1, 0.15) is 0 Å². The summed E-state index contributed by atoms with van der Waals surface area (Å²) in [5.74, 6) is 0. The predicted octanol–water partition coefficient (Wildman–Crippen LogP) is 3.44. The predicted molar refractivity (Wildman–Crippen MR) is 77.2 cm³/mol. The van der Waals surface area contributed by atoms with Crippen molar-refractivity contribution in [3.8, 4) is 0 Å². The summed E-state index contributed by atoms with van der Waals surface area (Å²) in [5.41, 5.74) is 3.88. The van der Waals surface area contributed by atoms with Crippen molar-refractivity contribution in [1.82, 2.24) is 0 Å². The third kappa shape index (κ3) is 4.19. The van der Waals surface area contributed by atoms with Crippen LogP contribution in [0.5, 0.6) is 0 Å². The quantitative estimate of drug-likeness (QED) is 0.737. The van der Waals surface area contributed by atoms with Crippen LogP contribution in [0.1, 0.15) is 16.7 Å². The van der Waals surface area contributed by atoms with E-state index in [1.165, 1.54) is 16.7 Å². The standard InChI is InChI=1S/C17H20O2/c1-18-17(19-2)13-16-10-8-15(9-11-16)12-14-6-4-3-5-7-14/h3-11,17H,12-13H2,1-2H3. The summed E-state index contributed by atoms with van der Waals surface area (Å²) in [6.45, 7) is 0. The number of benzene rings is 2. The molecule has 2 aromatic carbocycles. The molecule has 0 bridgehead atoms. The monoisotopic (exact) mass is 256 g/mol. The van der Waals surface area contributed by atoms with E-state index in [0.717, 1.165) is 12.8 Å². The molecule has 2 nitrogen and oxygen atoms in total. The SMILES string of the molecule is COC(Cc1ccc(Cc2ccccc2)cc1)OC. The van der Waals surface area contributed by atoms with Gasteiger partial charge in [-0.3, -0.25) is 0 Å². The van der Waals surface area contributed by atoms with Gasteiger partial charge in [-0.1, -0.05) is 54.6 Å². The third-order valence-electron chi connectivity index (χ3n) is 3.20. The van der Waals surface area contributed by atoms with Crippen molar-refractivity contribution in [3.05, 3.63) is 71.3 Å². The first kappa shape index (κ1) is 13.8. The van der Waals surface area contributed by atoms with Crippen LogP contribution in [0.3, 0.4) is 0 Å². The van der Waals surface area contributed by atoms with Crippen LogP contribution in [-0.2, 0) is 22.3 Å². The summed E-state index contributed by atoms with van der Waals surface area (Å²) < 4.78 is 10.4. The van der Waals surface area contributed by atoms with Crippen LogP contribution >= 0.6 is 0 Å². The Hall–Kier alpha value is -1.64. The fourth-order valence-corrected chi connectivity index (χ4v) is 2.08. The lowest BCUT2D eigenvalue weighted by molar-refractivity contribution is -0.100. The Morgan fingerprint density at radius 2 is 1.26 bits per heavy atom. The molecule has 0 aliphatic carbocycles. The molecule has 0 aromatic heterocycles. The Bertz CT molecular complexity index is 472. The molecule has 0 heterocycles. The van der Waals surface area contributed by atoms with Crippen molar-refractivity contribution in [2.75, 3.05) is 14.2 Å². The van der Waals surface area contributed by atoms with Gasteiger partial charge in [-0.2, -0.15) is 0 Å². The molecule has 0 aliphatic rings. The van der Waals surface area contributed by atoms with Crippen LogP contribution in [0.2, 0.25) is 0 Å². The molecule has 0 saturated heterocycles. The highest BCUT2D eigenvalue weighted by Crippen LogP contribution is 2.12. The Morgan fingerprint density at radius 3 is 1.84 bits per heavy atom. The molecular formula is C17H20O2. The number of rotatable bonds is 6. The lowest BCUT2D eigenvalue weighted by Crippen LogP contribution is -2.15. The maximum Gasteiger partial charge on any atom is 0.160 e. The van der Waals surface area contributed by atoms with Crippen LogP contribution in [0.4, 0.5) is 0 Å². The van der Waals surface area contributed by atoms with Crippen LogP contribution in [0.15, 0.2) is 54.6 Å². The molecule has 0 fully saturated rings. The zero-order valence-corrected chi connectivity index (χ0v) is 11.5. The van der Waals surface area contributed by atoms with Crippen molar-refractivity contribution in [3.63, 3.8) is 0 Å². The summed E-state index contributed by atoms with van der Waals surface area (Å²) >= 11 is 0. The largest absolute Gasteiger partial charge is 0.356 e. The van der Waals surface area contributed by atoms with Crippen LogP contribution < -0.4 is 0 Å². The second-order valence-corrected chi connectivity index (χ2v) is 4.58. The van der Waals surface area contributed by atoms with Gasteiger partial charge in [0.25, 0.3) is 0 Å². The lowest BCUT2D eigenvalue weighted by atomic mass is 10.0. The van der Waals surface area contributed by atoms with Gasteiger partial charge >= 0.3 is 0 Å². The third-order valence-corrected chi connectivity index (χ3v) is 3.20. The molecule has 2 aromatic rings. The van der Waals surface area contributed by atoms with E-state index in [0.29, 0.717) is 0 Å². The topological polar surface area (TPSA) is 18.5 Å². The Morgan fingerprint density at radius 1 is 0.737 bits per heavy atom. The minimum absolute atomic E-state index is 0.167. The second kappa shape index (κ2) is 7.07. The minimum atomic E-state index is -0.167.